The number of hydrogen-bond donors (Lipinski definition) is 2. The van der Waals surface area contributed by atoms with E-state index in [1.54, 1.807) is 34.9 Å². The highest BCUT2D eigenvalue weighted by Crippen LogP contribution is 2.33. The third-order valence-electron chi connectivity index (χ3n) is 10.0. The van der Waals surface area contributed by atoms with Crippen molar-refractivity contribution in [1.82, 2.24) is 24.7 Å². The van der Waals surface area contributed by atoms with Gasteiger partial charge in [0.15, 0.2) is 0 Å². The normalized spacial score (nSPS) is 13.6. The molecule has 0 unspecified atom stereocenters. The summed E-state index contributed by atoms with van der Waals surface area (Å²) in [5, 5.41) is 8.58. The second-order valence-corrected chi connectivity index (χ2v) is 15.3. The van der Waals surface area contributed by atoms with Crippen molar-refractivity contribution in [3.8, 4) is 5.75 Å². The zero-order valence-corrected chi connectivity index (χ0v) is 33.6. The smallest absolute Gasteiger partial charge is 0.406 e. The van der Waals surface area contributed by atoms with Gasteiger partial charge in [-0.2, -0.15) is 13.2 Å². The number of alkyl halides is 6. The van der Waals surface area contributed by atoms with Gasteiger partial charge in [0, 0.05) is 38.1 Å². The molecular formula is C43H38ClF6N7O2S. The molecule has 312 valence electrons. The molecule has 2 N–H and O–H groups in total. The second-order valence-electron chi connectivity index (χ2n) is 14.0. The first kappa shape index (κ1) is 42.3. The topological polar surface area (TPSA) is 96.7 Å². The van der Waals surface area contributed by atoms with Crippen molar-refractivity contribution in [3.63, 3.8) is 0 Å². The Hall–Kier alpha value is -5.87. The van der Waals surface area contributed by atoms with Crippen LogP contribution in [0.5, 0.6) is 5.75 Å². The summed E-state index contributed by atoms with van der Waals surface area (Å²) >= 11 is 7.66. The lowest BCUT2D eigenvalue weighted by Gasteiger charge is -2.34. The third-order valence-corrected chi connectivity index (χ3v) is 11.2. The SMILES string of the molecule is CCc1nc2ccc(Cl)cn2c1C(=O)NCc1ccc(N2CCC(c3ccc(OC(F)(F)F)cc3)CC2)cc1.FC(F)(F)c1ccc(CNc2ncnc3ccsc23)cc1. The molecule has 1 fully saturated rings. The van der Waals surface area contributed by atoms with E-state index < -0.39 is 18.1 Å². The van der Waals surface area contributed by atoms with Crippen molar-refractivity contribution >= 4 is 56.2 Å². The van der Waals surface area contributed by atoms with Crippen LogP contribution in [0.3, 0.4) is 0 Å². The van der Waals surface area contributed by atoms with E-state index in [9.17, 15) is 31.1 Å². The molecule has 7 aromatic rings. The number of thiophene rings is 1. The fourth-order valence-electron chi connectivity index (χ4n) is 6.97. The van der Waals surface area contributed by atoms with E-state index in [1.165, 1.54) is 41.9 Å². The number of benzene rings is 3. The summed E-state index contributed by atoms with van der Waals surface area (Å²) in [5.41, 5.74) is 5.97. The number of pyridine rings is 1. The molecule has 1 amide bonds. The van der Waals surface area contributed by atoms with Crippen LogP contribution in [0, 0.1) is 0 Å². The number of anilines is 2. The largest absolute Gasteiger partial charge is 0.573 e. The Morgan fingerprint density at radius 1 is 0.867 bits per heavy atom. The van der Waals surface area contributed by atoms with Gasteiger partial charge in [-0.3, -0.25) is 9.20 Å². The van der Waals surface area contributed by atoms with E-state index >= 15 is 0 Å². The van der Waals surface area contributed by atoms with Gasteiger partial charge in [-0.25, -0.2) is 15.0 Å². The summed E-state index contributed by atoms with van der Waals surface area (Å²) < 4.78 is 81.3. The molecular weight excluding hydrogens is 828 g/mol. The van der Waals surface area contributed by atoms with E-state index in [0.29, 0.717) is 41.7 Å². The van der Waals surface area contributed by atoms with Gasteiger partial charge in [0.25, 0.3) is 5.91 Å². The minimum absolute atomic E-state index is 0.200. The monoisotopic (exact) mass is 865 g/mol. The minimum atomic E-state index is -4.68. The van der Waals surface area contributed by atoms with Crippen LogP contribution in [0.15, 0.2) is 109 Å². The van der Waals surface area contributed by atoms with Gasteiger partial charge in [-0.1, -0.05) is 54.9 Å². The molecule has 0 radical (unpaired) electrons. The molecule has 0 spiro atoms. The van der Waals surface area contributed by atoms with E-state index in [4.69, 9.17) is 11.6 Å². The number of imidazole rings is 1. The fourth-order valence-corrected chi connectivity index (χ4v) is 7.94. The lowest BCUT2D eigenvalue weighted by Crippen LogP contribution is -2.32. The molecule has 4 aromatic heterocycles. The van der Waals surface area contributed by atoms with Crippen LogP contribution in [0.1, 0.15) is 64.1 Å². The first-order valence-corrected chi connectivity index (χ1v) is 20.2. The molecule has 0 aliphatic carbocycles. The highest BCUT2D eigenvalue weighted by molar-refractivity contribution is 7.17. The highest BCUT2D eigenvalue weighted by Gasteiger charge is 2.31. The molecule has 0 atom stereocenters. The fraction of sp³-hybridized carbons (Fsp3) is 0.256. The molecule has 0 bridgehead atoms. The molecule has 17 heteroatoms. The number of fused-ring (bicyclic) bond motifs is 2. The van der Waals surface area contributed by atoms with Crippen LogP contribution in [0.4, 0.5) is 37.8 Å². The molecule has 1 saturated heterocycles. The van der Waals surface area contributed by atoms with E-state index in [2.05, 4.69) is 47.4 Å². The summed E-state index contributed by atoms with van der Waals surface area (Å²) in [6.45, 7) is 4.44. The Kier molecular flexibility index (Phi) is 12.8. The lowest BCUT2D eigenvalue weighted by atomic mass is 9.89. The van der Waals surface area contributed by atoms with Crippen LogP contribution in [-0.4, -0.2) is 44.7 Å². The first-order chi connectivity index (χ1) is 28.7. The van der Waals surface area contributed by atoms with Crippen LogP contribution in [-0.2, 0) is 25.7 Å². The summed E-state index contributed by atoms with van der Waals surface area (Å²) in [7, 11) is 0. The number of hydrogen-bond acceptors (Lipinski definition) is 8. The number of carbonyl (C=O) groups is 1. The van der Waals surface area contributed by atoms with Gasteiger partial charge in [0.2, 0.25) is 0 Å². The van der Waals surface area contributed by atoms with Crippen molar-refractivity contribution in [2.45, 2.75) is 57.7 Å². The zero-order chi connectivity index (χ0) is 42.4. The molecule has 1 aliphatic heterocycles. The third kappa shape index (κ3) is 10.5. The second kappa shape index (κ2) is 18.2. The number of piperidine rings is 1. The predicted octanol–water partition coefficient (Wildman–Crippen LogP) is 11.1. The van der Waals surface area contributed by atoms with E-state index in [1.807, 2.05) is 30.5 Å². The molecule has 1 aliphatic rings. The number of halogens is 7. The number of nitrogens with zero attached hydrogens (tertiary/aromatic N) is 5. The van der Waals surface area contributed by atoms with Crippen LogP contribution in [0.2, 0.25) is 5.02 Å². The van der Waals surface area contributed by atoms with Gasteiger partial charge < -0.3 is 20.3 Å². The number of nitrogens with one attached hydrogen (secondary N) is 2. The molecule has 0 saturated carbocycles. The quantitative estimate of drug-likeness (QED) is 0.132. The van der Waals surface area contributed by atoms with Crippen LogP contribution >= 0.6 is 22.9 Å². The molecule has 3 aromatic carbocycles. The van der Waals surface area contributed by atoms with Crippen molar-refractivity contribution in [3.05, 3.63) is 148 Å². The maximum Gasteiger partial charge on any atom is 0.573 e. The average Bonchev–Trinajstić information content (AvgIpc) is 3.87. The highest BCUT2D eigenvalue weighted by atomic mass is 35.5. The van der Waals surface area contributed by atoms with Crippen molar-refractivity contribution in [2.75, 3.05) is 23.3 Å². The summed E-state index contributed by atoms with van der Waals surface area (Å²) in [4.78, 5) is 28.2. The number of carbonyl (C=O) groups excluding carboxylic acids is 1. The Labute approximate surface area is 350 Å². The first-order valence-electron chi connectivity index (χ1n) is 19.0. The Balaban J connectivity index is 0.000000218. The van der Waals surface area contributed by atoms with Crippen molar-refractivity contribution in [2.24, 2.45) is 0 Å². The van der Waals surface area contributed by atoms with Gasteiger partial charge in [0.1, 0.15) is 29.2 Å². The number of amides is 1. The standard InChI is InChI=1S/C29H28ClF3N4O2.C14H10F3N3S/c1-2-25-27(37-18-22(30)7-12-26(37)35-25)28(38)34-17-19-3-8-23(9-4-19)36-15-13-21(14-16-36)20-5-10-24(11-6-20)39-29(31,32)33;15-14(16,17)10-3-1-9(2-4-10)7-18-13-12-11(5-6-21-12)19-8-20-13/h3-12,18,21H,2,13-17H2,1H3,(H,34,38);1-6,8H,7H2,(H,18,19,20). The number of ether oxygens (including phenoxy) is 1. The Bertz CT molecular complexity index is 2540. The van der Waals surface area contributed by atoms with Crippen LogP contribution < -0.4 is 20.3 Å². The summed E-state index contributed by atoms with van der Waals surface area (Å²) in [5.74, 6) is 0.576. The minimum Gasteiger partial charge on any atom is -0.406 e. The summed E-state index contributed by atoms with van der Waals surface area (Å²) in [6.07, 6.45) is -3.39. The average molecular weight is 866 g/mol. The van der Waals surface area contributed by atoms with Crippen molar-refractivity contribution < 1.29 is 35.9 Å². The Morgan fingerprint density at radius 2 is 1.55 bits per heavy atom. The molecule has 5 heterocycles. The Morgan fingerprint density at radius 3 is 2.22 bits per heavy atom. The van der Waals surface area contributed by atoms with Crippen LogP contribution in [0.25, 0.3) is 15.9 Å². The number of aryl methyl sites for hydroxylation is 1. The zero-order valence-electron chi connectivity index (χ0n) is 32.0. The van der Waals surface area contributed by atoms with Gasteiger partial charge in [0.05, 0.1) is 26.5 Å². The molecule has 60 heavy (non-hydrogen) atoms. The van der Waals surface area contributed by atoms with Gasteiger partial charge in [-0.15, -0.1) is 24.5 Å². The molecule has 8 rings (SSSR count). The van der Waals surface area contributed by atoms with E-state index in [0.717, 1.165) is 76.4 Å². The lowest BCUT2D eigenvalue weighted by molar-refractivity contribution is -0.274. The molecule has 9 nitrogen and oxygen atoms in total. The maximum absolute atomic E-state index is 13.0. The maximum atomic E-state index is 13.0. The van der Waals surface area contributed by atoms with Crippen molar-refractivity contribution in [1.29, 1.82) is 0 Å². The number of rotatable bonds is 10. The van der Waals surface area contributed by atoms with Gasteiger partial charge in [-0.05, 0) is 102 Å². The van der Waals surface area contributed by atoms with E-state index in [-0.39, 0.29) is 17.6 Å². The summed E-state index contributed by atoms with van der Waals surface area (Å²) in [6, 6.07) is 24.8. The van der Waals surface area contributed by atoms with Gasteiger partial charge >= 0.3 is 12.5 Å². The predicted molar refractivity (Wildman–Crippen MR) is 221 cm³/mol. The number of aromatic nitrogens is 4.